The summed E-state index contributed by atoms with van der Waals surface area (Å²) < 4.78 is 49.0. The third kappa shape index (κ3) is 6.57. The van der Waals surface area contributed by atoms with Crippen molar-refractivity contribution in [2.75, 3.05) is 18.4 Å². The average Bonchev–Trinajstić information content (AvgIpc) is 3.82. The zero-order valence-corrected chi connectivity index (χ0v) is 31.3. The number of hydrogen-bond acceptors (Lipinski definition) is 10. The first-order valence-corrected chi connectivity index (χ1v) is 18.2. The summed E-state index contributed by atoms with van der Waals surface area (Å²) in [6, 6.07) is 12.3. The minimum absolute atomic E-state index is 0.00795. The Kier molecular flexibility index (Phi) is 8.95. The number of fused-ring (bicyclic) bond motifs is 3. The number of piperidine rings is 1. The molecule has 0 unspecified atom stereocenters. The highest BCUT2D eigenvalue weighted by Crippen LogP contribution is 2.48. The summed E-state index contributed by atoms with van der Waals surface area (Å²) in [6.45, 7) is 4.93. The van der Waals surface area contributed by atoms with E-state index in [1.807, 2.05) is 0 Å². The second-order valence-electron chi connectivity index (χ2n) is 14.5. The molecule has 1 saturated heterocycles. The number of alkyl halides is 3. The maximum Gasteiger partial charge on any atom is 0.416 e. The Balaban J connectivity index is 1.18. The van der Waals surface area contributed by atoms with Gasteiger partial charge in [-0.25, -0.2) is 4.98 Å². The van der Waals surface area contributed by atoms with Crippen molar-refractivity contribution < 1.29 is 37.4 Å². The smallest absolute Gasteiger partial charge is 0.416 e. The number of carbonyl (C=O) groups is 3. The third-order valence-electron chi connectivity index (χ3n) is 10.3. The Labute approximate surface area is 326 Å². The number of aliphatic imine (C=N–C) groups is 1. The van der Waals surface area contributed by atoms with Crippen LogP contribution < -0.4 is 16.2 Å². The topological polar surface area (TPSA) is 185 Å². The molecule has 0 aliphatic carbocycles. The number of amidine groups is 1. The van der Waals surface area contributed by atoms with Crippen LogP contribution in [0.2, 0.25) is 5.02 Å². The Bertz CT molecular complexity index is 2600. The van der Waals surface area contributed by atoms with Gasteiger partial charge in [-0.05, 0) is 63.9 Å². The number of rotatable bonds is 6. The van der Waals surface area contributed by atoms with Gasteiger partial charge in [-0.1, -0.05) is 35.9 Å². The molecule has 294 valence electrons. The Hall–Kier alpha value is -6.14. The van der Waals surface area contributed by atoms with Gasteiger partial charge in [0.05, 0.1) is 33.6 Å². The van der Waals surface area contributed by atoms with E-state index in [9.17, 15) is 37.5 Å². The summed E-state index contributed by atoms with van der Waals surface area (Å²) >= 11 is 6.16. The van der Waals surface area contributed by atoms with E-state index < -0.39 is 52.9 Å². The van der Waals surface area contributed by atoms with Gasteiger partial charge in [0, 0.05) is 30.4 Å². The molecule has 57 heavy (non-hydrogen) atoms. The van der Waals surface area contributed by atoms with E-state index in [0.29, 0.717) is 28.7 Å². The number of nitrogens with one attached hydrogen (secondary N) is 2. The van der Waals surface area contributed by atoms with Gasteiger partial charge in [-0.15, -0.1) is 5.10 Å². The van der Waals surface area contributed by atoms with Crippen LogP contribution in [-0.2, 0) is 32.6 Å². The number of amides is 3. The molecule has 3 amide bonds. The Morgan fingerprint density at radius 3 is 2.40 bits per heavy atom. The van der Waals surface area contributed by atoms with E-state index >= 15 is 0 Å². The number of likely N-dealkylation sites (tertiary alicyclic amines) is 1. The fourth-order valence-electron chi connectivity index (χ4n) is 7.46. The average molecular weight is 804 g/mol. The molecule has 0 bridgehead atoms. The van der Waals surface area contributed by atoms with Gasteiger partial charge >= 0.3 is 6.18 Å². The van der Waals surface area contributed by atoms with Crippen molar-refractivity contribution in [3.05, 3.63) is 104 Å². The van der Waals surface area contributed by atoms with E-state index in [1.54, 1.807) is 45.0 Å². The van der Waals surface area contributed by atoms with E-state index in [0.717, 1.165) is 16.6 Å². The van der Waals surface area contributed by atoms with Gasteiger partial charge in [-0.2, -0.15) is 22.7 Å². The summed E-state index contributed by atoms with van der Waals surface area (Å²) in [4.78, 5) is 68.6. The van der Waals surface area contributed by atoms with Gasteiger partial charge in [-0.3, -0.25) is 24.2 Å². The van der Waals surface area contributed by atoms with Gasteiger partial charge in [0.25, 0.3) is 17.4 Å². The number of benzene rings is 2. The van der Waals surface area contributed by atoms with Gasteiger partial charge in [0.2, 0.25) is 11.7 Å². The number of ether oxygens (including phenoxy) is 1. The van der Waals surface area contributed by atoms with Crippen molar-refractivity contribution in [3.8, 4) is 17.1 Å². The number of nitrogens with zero attached hydrogens (tertiary/aromatic N) is 7. The summed E-state index contributed by atoms with van der Waals surface area (Å²) in [5.74, 6) is -1.15. The molecular weight excluding hydrogens is 771 g/mol. The molecular formula is C38H33ClF3N9O6. The maximum atomic E-state index is 14.5. The molecule has 3 N–H and O–H groups in total. The zero-order chi connectivity index (χ0) is 40.6. The molecule has 8 rings (SSSR count). The molecule has 1 atom stereocenters. The van der Waals surface area contributed by atoms with Crippen LogP contribution in [-0.4, -0.2) is 76.3 Å². The standard InChI is InChI=1S/C38H33ClF3N9O6/c1-19-29-27(37(57-19)12-15-49(16-13-37)33(55)28-25(52)5-4-14-43-28)32(54)51-35(50(29)18-26(53)44-24-11-10-22(17-23(24)39)38(40,41)42)46-31(48-51)21-8-6-20(7-9-21)30-45-34(56)36(2,3)47-30/h4-11,14,17,19,52H,12-13,15-16,18H2,1-3H3,(H,44,53)(H,45,47,56)/t19-/m1/s1. The molecule has 5 aromatic rings. The molecule has 3 aliphatic rings. The van der Waals surface area contributed by atoms with E-state index in [4.69, 9.17) is 16.3 Å². The second kappa shape index (κ2) is 13.5. The SMILES string of the molecule is C[C@H]1OC2(CCN(C(=O)c3ncccc3O)CC2)c2c1n(CC(=O)Nc1ccc(C(F)(F)F)cc1Cl)c1nc(-c3ccc(C4=NC(C)(C)C(=O)N4)cc3)nn1c2=O. The van der Waals surface area contributed by atoms with Crippen LogP contribution in [0.3, 0.4) is 0 Å². The highest BCUT2D eigenvalue weighted by Gasteiger charge is 2.51. The quantitative estimate of drug-likeness (QED) is 0.216. The van der Waals surface area contributed by atoms with Crippen LogP contribution >= 0.6 is 11.6 Å². The number of hydrogen-bond donors (Lipinski definition) is 3. The molecule has 1 fully saturated rings. The van der Waals surface area contributed by atoms with Crippen molar-refractivity contribution in [3.63, 3.8) is 0 Å². The number of aromatic hydroxyl groups is 1. The molecule has 3 aliphatic heterocycles. The number of pyridine rings is 1. The fourth-order valence-corrected chi connectivity index (χ4v) is 7.69. The molecule has 2 aromatic carbocycles. The summed E-state index contributed by atoms with van der Waals surface area (Å²) in [5, 5.41) is 19.8. The maximum absolute atomic E-state index is 14.5. The lowest BCUT2D eigenvalue weighted by molar-refractivity contribution is -0.137. The van der Waals surface area contributed by atoms with E-state index in [-0.39, 0.29) is 71.2 Å². The van der Waals surface area contributed by atoms with Gasteiger partial charge in [0.15, 0.2) is 11.5 Å². The predicted molar refractivity (Wildman–Crippen MR) is 199 cm³/mol. The van der Waals surface area contributed by atoms with Crippen molar-refractivity contribution in [1.82, 2.24) is 34.4 Å². The predicted octanol–water partition coefficient (Wildman–Crippen LogP) is 4.85. The summed E-state index contributed by atoms with van der Waals surface area (Å²) in [7, 11) is 0. The minimum atomic E-state index is -4.65. The number of carbonyl (C=O) groups excluding carboxylic acids is 3. The van der Waals surface area contributed by atoms with E-state index in [2.05, 4.69) is 30.7 Å². The highest BCUT2D eigenvalue weighted by atomic mass is 35.5. The minimum Gasteiger partial charge on any atom is -0.505 e. The molecule has 3 aromatic heterocycles. The van der Waals surface area contributed by atoms with Crippen molar-refractivity contribution >= 4 is 46.6 Å². The molecule has 15 nitrogen and oxygen atoms in total. The molecule has 19 heteroatoms. The number of anilines is 1. The lowest BCUT2D eigenvalue weighted by Gasteiger charge is -2.39. The van der Waals surface area contributed by atoms with Crippen LogP contribution in [0, 0.1) is 0 Å². The first-order valence-electron chi connectivity index (χ1n) is 17.8. The summed E-state index contributed by atoms with van der Waals surface area (Å²) in [6.07, 6.45) is -3.64. The van der Waals surface area contributed by atoms with Crippen LogP contribution in [0.15, 0.2) is 70.6 Å². The number of halogens is 4. The second-order valence-corrected chi connectivity index (χ2v) is 14.9. The molecule has 6 heterocycles. The van der Waals surface area contributed by atoms with Crippen molar-refractivity contribution in [1.29, 1.82) is 0 Å². The number of aromatic nitrogens is 5. The Morgan fingerprint density at radius 1 is 1.07 bits per heavy atom. The highest BCUT2D eigenvalue weighted by molar-refractivity contribution is 6.33. The monoisotopic (exact) mass is 803 g/mol. The van der Waals surface area contributed by atoms with E-state index in [1.165, 1.54) is 27.8 Å². The Morgan fingerprint density at radius 2 is 1.77 bits per heavy atom. The van der Waals surface area contributed by atoms with Crippen molar-refractivity contribution in [2.45, 2.75) is 63.6 Å². The van der Waals surface area contributed by atoms with Crippen molar-refractivity contribution in [2.24, 2.45) is 4.99 Å². The van der Waals surface area contributed by atoms with Gasteiger partial charge < -0.3 is 29.9 Å². The summed E-state index contributed by atoms with van der Waals surface area (Å²) in [5.41, 5.74) is -2.13. The molecule has 0 radical (unpaired) electrons. The fraction of sp³-hybridized carbons (Fsp3) is 0.316. The van der Waals surface area contributed by atoms with Gasteiger partial charge in [0.1, 0.15) is 29.3 Å². The van der Waals surface area contributed by atoms with Crippen LogP contribution in [0.25, 0.3) is 17.2 Å². The zero-order valence-electron chi connectivity index (χ0n) is 30.5. The lowest BCUT2D eigenvalue weighted by atomic mass is 9.85. The van der Waals surface area contributed by atoms with Crippen LogP contribution in [0.1, 0.15) is 72.6 Å². The molecule has 0 saturated carbocycles. The third-order valence-corrected chi connectivity index (χ3v) is 10.7. The molecule has 1 spiro atoms. The first kappa shape index (κ1) is 37.8. The largest absolute Gasteiger partial charge is 0.505 e. The lowest BCUT2D eigenvalue weighted by Crippen LogP contribution is -2.47. The van der Waals surface area contributed by atoms with Crippen LogP contribution in [0.4, 0.5) is 18.9 Å². The normalized spacial score (nSPS) is 18.4. The first-order chi connectivity index (χ1) is 27.0. The van der Waals surface area contributed by atoms with Crippen LogP contribution in [0.5, 0.6) is 5.75 Å².